The minimum Gasteiger partial charge on any atom is -0.495 e. The predicted octanol–water partition coefficient (Wildman–Crippen LogP) is 3.14. The average Bonchev–Trinajstić information content (AvgIpc) is 3.45. The monoisotopic (exact) mass is 464 g/mol. The Bertz CT molecular complexity index is 1400. The fraction of sp³-hybridized carbons (Fsp3) is 0.304. The number of imidazole rings is 1. The zero-order chi connectivity index (χ0) is 23.8. The smallest absolute Gasteiger partial charge is 0.267 e. The van der Waals surface area contributed by atoms with E-state index in [2.05, 4.69) is 25.3 Å². The molecular weight excluding hydrogens is 442 g/mol. The molecule has 1 saturated heterocycles. The second kappa shape index (κ2) is 8.72. The van der Waals surface area contributed by atoms with Crippen LogP contribution in [0.1, 0.15) is 23.4 Å². The molecule has 0 bridgehead atoms. The highest BCUT2D eigenvalue weighted by Crippen LogP contribution is 2.34. The Morgan fingerprint density at radius 3 is 2.65 bits per heavy atom. The van der Waals surface area contributed by atoms with E-state index in [1.807, 2.05) is 18.2 Å². The number of pyridine rings is 1. The van der Waals surface area contributed by atoms with E-state index in [-0.39, 0.29) is 17.1 Å². The van der Waals surface area contributed by atoms with Crippen LogP contribution < -0.4 is 15.0 Å². The van der Waals surface area contributed by atoms with Crippen molar-refractivity contribution in [3.05, 3.63) is 53.6 Å². The van der Waals surface area contributed by atoms with Gasteiger partial charge in [-0.2, -0.15) is 10.4 Å². The van der Waals surface area contributed by atoms with Crippen molar-refractivity contribution in [3.8, 4) is 23.5 Å². The number of alkyl halides is 2. The van der Waals surface area contributed by atoms with Gasteiger partial charge >= 0.3 is 0 Å². The van der Waals surface area contributed by atoms with Gasteiger partial charge in [0.2, 0.25) is 0 Å². The first-order valence-corrected chi connectivity index (χ1v) is 10.8. The number of benzene rings is 1. The fourth-order valence-electron chi connectivity index (χ4n) is 4.19. The van der Waals surface area contributed by atoms with E-state index in [0.717, 1.165) is 42.9 Å². The largest absolute Gasteiger partial charge is 0.495 e. The van der Waals surface area contributed by atoms with E-state index in [0.29, 0.717) is 17.3 Å². The highest BCUT2D eigenvalue weighted by Gasteiger charge is 2.22. The van der Waals surface area contributed by atoms with Gasteiger partial charge in [-0.25, -0.2) is 23.4 Å². The Hall–Kier alpha value is -4.04. The van der Waals surface area contributed by atoms with Crippen LogP contribution in [0, 0.1) is 18.3 Å². The van der Waals surface area contributed by atoms with Crippen LogP contribution in [0.5, 0.6) is 5.75 Å². The molecule has 0 aliphatic carbocycles. The van der Waals surface area contributed by atoms with Gasteiger partial charge in [-0.3, -0.25) is 4.57 Å². The van der Waals surface area contributed by atoms with Gasteiger partial charge in [0, 0.05) is 37.9 Å². The van der Waals surface area contributed by atoms with Crippen LogP contribution in [0.2, 0.25) is 0 Å². The number of rotatable bonds is 5. The summed E-state index contributed by atoms with van der Waals surface area (Å²) in [6.45, 7) is 5.18. The van der Waals surface area contributed by atoms with Gasteiger partial charge in [0.1, 0.15) is 24.0 Å². The Kier molecular flexibility index (Phi) is 5.59. The maximum atomic E-state index is 13.8. The topological polar surface area (TPSA) is 96.8 Å². The molecule has 0 unspecified atom stereocenters. The molecule has 9 nitrogen and oxygen atoms in total. The SMILES string of the molecule is COc1cc2c(cc1N1CCNCC1)ncn2-c1ccc(C(F)F)c(-n2nc(C#N)cc2C)n1. The summed E-state index contributed by atoms with van der Waals surface area (Å²) in [6, 6.07) is 10.2. The quantitative estimate of drug-likeness (QED) is 0.485. The molecule has 4 aromatic rings. The van der Waals surface area contributed by atoms with Crippen LogP contribution >= 0.6 is 0 Å². The van der Waals surface area contributed by atoms with E-state index < -0.39 is 6.43 Å². The summed E-state index contributed by atoms with van der Waals surface area (Å²) in [5.74, 6) is 1.06. The third kappa shape index (κ3) is 3.72. The highest BCUT2D eigenvalue weighted by molar-refractivity contribution is 5.85. The molecule has 0 atom stereocenters. The Balaban J connectivity index is 1.63. The van der Waals surface area contributed by atoms with Gasteiger partial charge in [0.25, 0.3) is 6.43 Å². The summed E-state index contributed by atoms with van der Waals surface area (Å²) in [6.07, 6.45) is -1.15. The number of hydrogen-bond acceptors (Lipinski definition) is 7. The van der Waals surface area contributed by atoms with Crippen molar-refractivity contribution in [1.29, 1.82) is 5.26 Å². The first-order chi connectivity index (χ1) is 16.5. The van der Waals surface area contributed by atoms with Gasteiger partial charge < -0.3 is 15.0 Å². The van der Waals surface area contributed by atoms with Crippen LogP contribution in [0.25, 0.3) is 22.7 Å². The molecule has 4 heterocycles. The molecule has 3 aromatic heterocycles. The number of halogens is 2. The van der Waals surface area contributed by atoms with Crippen molar-refractivity contribution >= 4 is 16.7 Å². The molecule has 5 rings (SSSR count). The number of methoxy groups -OCH3 is 1. The van der Waals surface area contributed by atoms with E-state index in [9.17, 15) is 8.78 Å². The number of nitrogens with one attached hydrogen (secondary N) is 1. The molecule has 1 aromatic carbocycles. The summed E-state index contributed by atoms with van der Waals surface area (Å²) in [4.78, 5) is 11.3. The van der Waals surface area contributed by atoms with Crippen LogP contribution in [0.4, 0.5) is 14.5 Å². The predicted molar refractivity (Wildman–Crippen MR) is 122 cm³/mol. The fourth-order valence-corrected chi connectivity index (χ4v) is 4.19. The molecule has 1 aliphatic heterocycles. The van der Waals surface area contributed by atoms with Crippen LogP contribution in [0.3, 0.4) is 0 Å². The maximum absolute atomic E-state index is 13.8. The number of aryl methyl sites for hydroxylation is 1. The lowest BCUT2D eigenvalue weighted by atomic mass is 10.2. The van der Waals surface area contributed by atoms with E-state index >= 15 is 0 Å². The molecule has 34 heavy (non-hydrogen) atoms. The van der Waals surface area contributed by atoms with Crippen LogP contribution in [-0.4, -0.2) is 57.6 Å². The first kappa shape index (κ1) is 21.8. The number of anilines is 1. The zero-order valence-corrected chi connectivity index (χ0v) is 18.7. The summed E-state index contributed by atoms with van der Waals surface area (Å²) < 4.78 is 36.2. The number of nitrogens with zero attached hydrogens (tertiary/aromatic N) is 7. The Morgan fingerprint density at radius 2 is 1.97 bits per heavy atom. The van der Waals surface area contributed by atoms with Crippen LogP contribution in [-0.2, 0) is 0 Å². The van der Waals surface area contributed by atoms with E-state index in [1.165, 1.54) is 22.9 Å². The Labute approximate surface area is 194 Å². The van der Waals surface area contributed by atoms with Crippen molar-refractivity contribution in [3.63, 3.8) is 0 Å². The minimum absolute atomic E-state index is 0.0299. The summed E-state index contributed by atoms with van der Waals surface area (Å²) in [5.41, 5.74) is 2.80. The number of ether oxygens (including phenoxy) is 1. The maximum Gasteiger partial charge on any atom is 0.267 e. The summed E-state index contributed by atoms with van der Waals surface area (Å²) in [5, 5.41) is 16.6. The summed E-state index contributed by atoms with van der Waals surface area (Å²) in [7, 11) is 1.62. The van der Waals surface area contributed by atoms with Crippen molar-refractivity contribution in [1.82, 2.24) is 29.6 Å². The second-order valence-corrected chi connectivity index (χ2v) is 7.94. The third-order valence-electron chi connectivity index (χ3n) is 5.88. The lowest BCUT2D eigenvalue weighted by Gasteiger charge is -2.30. The number of aromatic nitrogens is 5. The van der Waals surface area contributed by atoms with Gasteiger partial charge in [0.15, 0.2) is 11.5 Å². The van der Waals surface area contributed by atoms with Crippen LogP contribution in [0.15, 0.2) is 36.7 Å². The third-order valence-corrected chi connectivity index (χ3v) is 5.88. The molecule has 174 valence electrons. The van der Waals surface area contributed by atoms with Gasteiger partial charge in [-0.15, -0.1) is 0 Å². The minimum atomic E-state index is -2.76. The molecule has 0 amide bonds. The Morgan fingerprint density at radius 1 is 1.18 bits per heavy atom. The van der Waals surface area contributed by atoms with Gasteiger partial charge in [-0.1, -0.05) is 0 Å². The molecule has 1 N–H and O–H groups in total. The van der Waals surface area contributed by atoms with Crippen molar-refractivity contribution < 1.29 is 13.5 Å². The van der Waals surface area contributed by atoms with E-state index in [4.69, 9.17) is 10.00 Å². The molecule has 0 saturated carbocycles. The average molecular weight is 464 g/mol. The molecule has 0 radical (unpaired) electrons. The van der Waals surface area contributed by atoms with Crippen molar-refractivity contribution in [2.75, 3.05) is 38.2 Å². The lowest BCUT2D eigenvalue weighted by molar-refractivity contribution is 0.150. The first-order valence-electron chi connectivity index (χ1n) is 10.8. The number of nitriles is 1. The van der Waals surface area contributed by atoms with Gasteiger partial charge in [-0.05, 0) is 31.2 Å². The van der Waals surface area contributed by atoms with Crippen molar-refractivity contribution in [2.24, 2.45) is 0 Å². The number of hydrogen-bond donors (Lipinski definition) is 1. The number of piperazine rings is 1. The standard InChI is InChI=1S/C23H22F2N8O/c1-14-9-15(12-26)30-33(14)23-16(22(24)25)3-4-21(29-23)32-13-28-17-10-19(20(34-2)11-18(17)32)31-7-5-27-6-8-31/h3-4,9-11,13,22,27H,5-8H2,1-2H3. The molecular formula is C23H22F2N8O. The highest BCUT2D eigenvalue weighted by atomic mass is 19.3. The van der Waals surface area contributed by atoms with Gasteiger partial charge in [0.05, 0.1) is 29.4 Å². The molecule has 1 fully saturated rings. The lowest BCUT2D eigenvalue weighted by Crippen LogP contribution is -2.43. The number of fused-ring (bicyclic) bond motifs is 1. The zero-order valence-electron chi connectivity index (χ0n) is 18.7. The molecule has 0 spiro atoms. The molecule has 1 aliphatic rings. The second-order valence-electron chi connectivity index (χ2n) is 7.94. The normalized spacial score (nSPS) is 14.1. The summed E-state index contributed by atoms with van der Waals surface area (Å²) >= 11 is 0. The van der Waals surface area contributed by atoms with Crippen molar-refractivity contribution in [2.45, 2.75) is 13.3 Å². The van der Waals surface area contributed by atoms with E-state index in [1.54, 1.807) is 24.9 Å². The molecule has 11 heteroatoms.